The minimum absolute atomic E-state index is 0.127. The van der Waals surface area contributed by atoms with E-state index in [4.69, 9.17) is 21.2 Å². The Hall–Kier alpha value is -1.00. The molecule has 8 nitrogen and oxygen atoms in total. The van der Waals surface area contributed by atoms with Crippen molar-refractivity contribution in [1.82, 2.24) is 16.1 Å². The summed E-state index contributed by atoms with van der Waals surface area (Å²) in [6.07, 6.45) is 2.16. The summed E-state index contributed by atoms with van der Waals surface area (Å²) in [5.74, 6) is -0.464. The molecular formula is C21H33ClFN3O5. The molecule has 6 atom stereocenters. The molecule has 0 aromatic rings. The Bertz CT molecular complexity index is 690. The molecule has 1 aliphatic heterocycles. The van der Waals surface area contributed by atoms with Crippen LogP contribution in [-0.2, 0) is 19.2 Å². The number of hydroxylamine groups is 1. The van der Waals surface area contributed by atoms with Crippen molar-refractivity contribution < 1.29 is 28.7 Å². The molecule has 5 unspecified atom stereocenters. The predicted molar refractivity (Wildman–Crippen MR) is 111 cm³/mol. The van der Waals surface area contributed by atoms with Crippen molar-refractivity contribution in [1.29, 1.82) is 0 Å². The van der Waals surface area contributed by atoms with E-state index in [-0.39, 0.29) is 37.0 Å². The van der Waals surface area contributed by atoms with E-state index in [1.807, 2.05) is 6.92 Å². The first-order chi connectivity index (χ1) is 14.7. The van der Waals surface area contributed by atoms with Gasteiger partial charge in [-0.2, -0.15) is 5.48 Å². The first-order valence-corrected chi connectivity index (χ1v) is 11.8. The Morgan fingerprint density at radius 2 is 1.97 bits per heavy atom. The fraction of sp³-hybridized carbons (Fsp3) is 0.905. The van der Waals surface area contributed by atoms with E-state index in [0.717, 1.165) is 0 Å². The van der Waals surface area contributed by atoms with Crippen molar-refractivity contribution in [2.24, 2.45) is 0 Å². The molecule has 5 aliphatic rings. The number of halogens is 2. The molecule has 1 saturated heterocycles. The van der Waals surface area contributed by atoms with E-state index in [1.165, 1.54) is 0 Å². The van der Waals surface area contributed by atoms with Gasteiger partial charge in [-0.05, 0) is 51.9 Å². The van der Waals surface area contributed by atoms with Crippen LogP contribution >= 0.6 is 11.6 Å². The highest BCUT2D eigenvalue weighted by Crippen LogP contribution is 2.47. The second kappa shape index (κ2) is 9.09. The van der Waals surface area contributed by atoms with Crippen LogP contribution in [-0.4, -0.2) is 70.5 Å². The fourth-order valence-corrected chi connectivity index (χ4v) is 5.71. The molecular weight excluding hydrogens is 429 g/mol. The number of aliphatic hydroxyl groups is 1. The monoisotopic (exact) mass is 461 g/mol. The molecule has 2 amide bonds. The molecule has 0 radical (unpaired) electrons. The summed E-state index contributed by atoms with van der Waals surface area (Å²) in [4.78, 5) is 30.5. The molecule has 31 heavy (non-hydrogen) atoms. The fourth-order valence-electron chi connectivity index (χ4n) is 5.48. The Balaban J connectivity index is 1.26. The van der Waals surface area contributed by atoms with Gasteiger partial charge < -0.3 is 20.5 Å². The van der Waals surface area contributed by atoms with E-state index < -0.39 is 34.8 Å². The zero-order valence-corrected chi connectivity index (χ0v) is 18.6. The van der Waals surface area contributed by atoms with Crippen LogP contribution in [0.15, 0.2) is 0 Å². The summed E-state index contributed by atoms with van der Waals surface area (Å²) in [6, 6.07) is 0.127. The molecule has 0 spiro atoms. The highest BCUT2D eigenvalue weighted by molar-refractivity contribution is 6.21. The molecule has 0 aromatic carbocycles. The summed E-state index contributed by atoms with van der Waals surface area (Å²) in [7, 11) is 0. The minimum Gasteiger partial charge on any atom is -0.391 e. The van der Waals surface area contributed by atoms with Gasteiger partial charge in [0.05, 0.1) is 23.1 Å². The Kier molecular flexibility index (Phi) is 6.80. The van der Waals surface area contributed by atoms with Gasteiger partial charge in [0.15, 0.2) is 6.10 Å². The topological polar surface area (TPSA) is 109 Å². The van der Waals surface area contributed by atoms with Gasteiger partial charge in [-0.3, -0.25) is 14.4 Å². The Labute approximate surface area is 186 Å². The molecule has 5 rings (SSSR count). The van der Waals surface area contributed by atoms with Gasteiger partial charge in [-0.1, -0.05) is 0 Å². The molecule has 0 aromatic heterocycles. The third-order valence-corrected chi connectivity index (χ3v) is 7.96. The van der Waals surface area contributed by atoms with Gasteiger partial charge in [0.1, 0.15) is 12.8 Å². The normalized spacial score (nSPS) is 44.8. The SMILES string of the molecule is CC1CC(C(=O)NC23CCC(NC(=O)COC4CCC(Cl)C(F)C4)(CC2)[C@H](O)C3)ON1. The van der Waals surface area contributed by atoms with Crippen molar-refractivity contribution in [2.75, 3.05) is 6.61 Å². The number of nitrogens with one attached hydrogen (secondary N) is 3. The minimum atomic E-state index is -1.11. The van der Waals surface area contributed by atoms with Crippen LogP contribution in [0.4, 0.5) is 4.39 Å². The number of hydrogen-bond donors (Lipinski definition) is 4. The average Bonchev–Trinajstić information content (AvgIpc) is 3.17. The smallest absolute Gasteiger partial charge is 0.251 e. The summed E-state index contributed by atoms with van der Waals surface area (Å²) in [6.45, 7) is 1.79. The first-order valence-electron chi connectivity index (χ1n) is 11.3. The van der Waals surface area contributed by atoms with Crippen LogP contribution in [0.25, 0.3) is 0 Å². The number of carbonyl (C=O) groups is 2. The number of ether oxygens (including phenoxy) is 1. The van der Waals surface area contributed by atoms with Gasteiger partial charge in [-0.15, -0.1) is 11.6 Å². The second-order valence-corrected chi connectivity index (χ2v) is 10.4. The van der Waals surface area contributed by atoms with Gasteiger partial charge in [0.2, 0.25) is 5.91 Å². The van der Waals surface area contributed by atoms with Crippen LogP contribution in [0, 0.1) is 0 Å². The van der Waals surface area contributed by atoms with Gasteiger partial charge in [0.25, 0.3) is 5.91 Å². The summed E-state index contributed by atoms with van der Waals surface area (Å²) in [5.41, 5.74) is 1.64. The summed E-state index contributed by atoms with van der Waals surface area (Å²) < 4.78 is 19.4. The largest absolute Gasteiger partial charge is 0.391 e. The molecule has 10 heteroatoms. The summed E-state index contributed by atoms with van der Waals surface area (Å²) in [5, 5.41) is 16.5. The Morgan fingerprint density at radius 3 is 2.58 bits per heavy atom. The number of aliphatic hydroxyl groups excluding tert-OH is 1. The number of carbonyl (C=O) groups excluding carboxylic acids is 2. The first kappa shape index (κ1) is 23.2. The number of rotatable bonds is 6. The maximum absolute atomic E-state index is 13.8. The molecule has 4 saturated carbocycles. The number of hydrogen-bond acceptors (Lipinski definition) is 6. The van der Waals surface area contributed by atoms with Crippen LogP contribution in [0.2, 0.25) is 0 Å². The van der Waals surface area contributed by atoms with Crippen LogP contribution in [0.5, 0.6) is 0 Å². The molecule has 2 bridgehead atoms. The number of alkyl halides is 2. The van der Waals surface area contributed by atoms with E-state index in [9.17, 15) is 19.1 Å². The maximum atomic E-state index is 13.8. The van der Waals surface area contributed by atoms with Crippen molar-refractivity contribution in [3.63, 3.8) is 0 Å². The molecule has 1 heterocycles. The van der Waals surface area contributed by atoms with E-state index in [2.05, 4.69) is 16.1 Å². The third kappa shape index (κ3) is 5.00. The second-order valence-electron chi connectivity index (χ2n) is 9.83. The van der Waals surface area contributed by atoms with Crippen molar-refractivity contribution in [3.05, 3.63) is 0 Å². The Morgan fingerprint density at radius 1 is 1.23 bits per heavy atom. The van der Waals surface area contributed by atoms with Crippen LogP contribution in [0.1, 0.15) is 64.7 Å². The number of amides is 2. The predicted octanol–water partition coefficient (Wildman–Crippen LogP) is 1.23. The van der Waals surface area contributed by atoms with Gasteiger partial charge >= 0.3 is 0 Å². The highest BCUT2D eigenvalue weighted by atomic mass is 35.5. The lowest BCUT2D eigenvalue weighted by Gasteiger charge is -2.56. The third-order valence-electron chi connectivity index (χ3n) is 7.46. The quantitative estimate of drug-likeness (QED) is 0.443. The van der Waals surface area contributed by atoms with E-state index in [1.54, 1.807) is 0 Å². The molecule has 4 N–H and O–H groups in total. The standard InChI is InChI=1S/C21H33ClFN3O5/c1-12-8-16(31-26-12)19(29)25-20-4-6-21(7-5-20,17(27)10-20)24-18(28)11-30-13-2-3-14(22)15(23)9-13/h12-17,26-27H,2-11H2,1H3,(H,24,28)(H,25,29)/t12?,13?,14?,15?,16?,17-,20?,21?/m1/s1. The van der Waals surface area contributed by atoms with E-state index >= 15 is 0 Å². The van der Waals surface area contributed by atoms with Crippen LogP contribution in [0.3, 0.4) is 0 Å². The maximum Gasteiger partial charge on any atom is 0.251 e. The molecule has 4 aliphatic carbocycles. The lowest BCUT2D eigenvalue weighted by Crippen LogP contribution is -2.70. The van der Waals surface area contributed by atoms with Gasteiger partial charge in [0, 0.05) is 24.4 Å². The van der Waals surface area contributed by atoms with Gasteiger partial charge in [-0.25, -0.2) is 4.39 Å². The van der Waals surface area contributed by atoms with Crippen LogP contribution < -0.4 is 16.1 Å². The zero-order chi connectivity index (χ0) is 22.2. The molecule has 176 valence electrons. The average molecular weight is 462 g/mol. The van der Waals surface area contributed by atoms with Crippen molar-refractivity contribution in [2.45, 2.75) is 112 Å². The number of fused-ring (bicyclic) bond motifs is 3. The zero-order valence-electron chi connectivity index (χ0n) is 17.9. The lowest BCUT2D eigenvalue weighted by molar-refractivity contribution is -0.144. The lowest BCUT2D eigenvalue weighted by atomic mass is 9.60. The molecule has 5 fully saturated rings. The van der Waals surface area contributed by atoms with Crippen molar-refractivity contribution >= 4 is 23.4 Å². The van der Waals surface area contributed by atoms with Crippen molar-refractivity contribution in [3.8, 4) is 0 Å². The highest BCUT2D eigenvalue weighted by Gasteiger charge is 2.55. The summed E-state index contributed by atoms with van der Waals surface area (Å²) >= 11 is 5.89. The van der Waals surface area contributed by atoms with E-state index in [0.29, 0.717) is 51.4 Å².